The van der Waals surface area contributed by atoms with Gasteiger partial charge in [0, 0.05) is 19.3 Å². The van der Waals surface area contributed by atoms with Gasteiger partial charge in [0.2, 0.25) is 5.91 Å². The van der Waals surface area contributed by atoms with E-state index in [9.17, 15) is 4.79 Å². The summed E-state index contributed by atoms with van der Waals surface area (Å²) in [5.74, 6) is 0.575. The molecule has 0 aliphatic heterocycles. The Morgan fingerprint density at radius 1 is 1.56 bits per heavy atom. The van der Waals surface area contributed by atoms with E-state index in [2.05, 4.69) is 10.3 Å². The van der Waals surface area contributed by atoms with Gasteiger partial charge >= 0.3 is 0 Å². The third-order valence-electron chi connectivity index (χ3n) is 2.70. The van der Waals surface area contributed by atoms with Crippen molar-refractivity contribution in [3.63, 3.8) is 0 Å². The molecule has 1 rings (SSSR count). The smallest absolute Gasteiger partial charge is 0.244 e. The van der Waals surface area contributed by atoms with Gasteiger partial charge in [-0.1, -0.05) is 0 Å². The molecule has 1 N–H and O–H groups in total. The molecule has 0 bridgehead atoms. The van der Waals surface area contributed by atoms with Crippen molar-refractivity contribution in [3.05, 3.63) is 23.9 Å². The average Bonchev–Trinajstić information content (AvgIpc) is 2.40. The van der Waals surface area contributed by atoms with Crippen LogP contribution >= 0.6 is 0 Å². The third kappa shape index (κ3) is 3.45. The van der Waals surface area contributed by atoms with E-state index < -0.39 is 0 Å². The van der Waals surface area contributed by atoms with Gasteiger partial charge < -0.3 is 10.2 Å². The third-order valence-corrected chi connectivity index (χ3v) is 2.70. The summed E-state index contributed by atoms with van der Waals surface area (Å²) >= 11 is 0. The lowest BCUT2D eigenvalue weighted by molar-refractivity contribution is -0.131. The van der Waals surface area contributed by atoms with Crippen LogP contribution in [0.5, 0.6) is 0 Å². The van der Waals surface area contributed by atoms with E-state index in [1.54, 1.807) is 30.2 Å². The zero-order valence-electron chi connectivity index (χ0n) is 11.0. The molecule has 1 amide bonds. The highest BCUT2D eigenvalue weighted by Gasteiger charge is 2.18. The summed E-state index contributed by atoms with van der Waals surface area (Å²) in [6.07, 6.45) is 1.55. The van der Waals surface area contributed by atoms with E-state index in [0.717, 1.165) is 0 Å². The van der Waals surface area contributed by atoms with Crippen molar-refractivity contribution in [1.29, 1.82) is 5.26 Å². The number of aromatic nitrogens is 1. The summed E-state index contributed by atoms with van der Waals surface area (Å²) in [6.45, 7) is 7.06. The first-order valence-corrected chi connectivity index (χ1v) is 6.03. The number of nitriles is 1. The van der Waals surface area contributed by atoms with Crippen molar-refractivity contribution in [3.8, 4) is 6.07 Å². The normalized spacial score (nSPS) is 11.4. The molecule has 96 valence electrons. The van der Waals surface area contributed by atoms with Gasteiger partial charge in [-0.3, -0.25) is 4.79 Å². The first-order valence-electron chi connectivity index (χ1n) is 6.03. The predicted molar refractivity (Wildman–Crippen MR) is 70.0 cm³/mol. The quantitative estimate of drug-likeness (QED) is 0.857. The molecule has 5 nitrogen and oxygen atoms in total. The summed E-state index contributed by atoms with van der Waals surface area (Å²) < 4.78 is 0. The molecule has 1 aromatic heterocycles. The average molecular weight is 246 g/mol. The number of hydrogen-bond donors (Lipinski definition) is 1. The molecule has 5 heteroatoms. The number of hydrogen-bond acceptors (Lipinski definition) is 4. The number of pyridine rings is 1. The van der Waals surface area contributed by atoms with Crippen LogP contribution in [0.15, 0.2) is 18.3 Å². The molecule has 1 unspecified atom stereocenters. The standard InChI is InChI=1S/C13H18N4O/c1-4-17(5-2)13(18)10(3)16-12-8-11(9-14)6-7-15-12/h6-8,10H,4-5H2,1-3H3,(H,15,16). The lowest BCUT2D eigenvalue weighted by Gasteiger charge is -2.23. The van der Waals surface area contributed by atoms with Crippen molar-refractivity contribution in [2.24, 2.45) is 0 Å². The van der Waals surface area contributed by atoms with Crippen molar-refractivity contribution in [2.45, 2.75) is 26.8 Å². The number of nitrogens with zero attached hydrogens (tertiary/aromatic N) is 3. The fourth-order valence-electron chi connectivity index (χ4n) is 1.67. The Kier molecular flexibility index (Phi) is 5.12. The molecule has 1 aromatic rings. The predicted octanol–water partition coefficient (Wildman–Crippen LogP) is 1.62. The van der Waals surface area contributed by atoms with Gasteiger partial charge in [0.05, 0.1) is 11.6 Å². The van der Waals surface area contributed by atoms with E-state index in [1.807, 2.05) is 19.9 Å². The second-order valence-corrected chi connectivity index (χ2v) is 3.92. The Hall–Kier alpha value is -2.09. The summed E-state index contributed by atoms with van der Waals surface area (Å²) in [4.78, 5) is 17.9. The molecule has 0 fully saturated rings. The Labute approximate surface area is 107 Å². The van der Waals surface area contributed by atoms with Gasteiger partial charge in [0.25, 0.3) is 0 Å². The van der Waals surface area contributed by atoms with Crippen LogP contribution in [0, 0.1) is 11.3 Å². The second kappa shape index (κ2) is 6.60. The number of rotatable bonds is 5. The van der Waals surface area contributed by atoms with Crippen LogP contribution in [0.25, 0.3) is 0 Å². The number of amides is 1. The minimum atomic E-state index is -0.355. The van der Waals surface area contributed by atoms with Crippen LogP contribution < -0.4 is 5.32 Å². The van der Waals surface area contributed by atoms with Crippen LogP contribution in [0.3, 0.4) is 0 Å². The minimum Gasteiger partial charge on any atom is -0.359 e. The monoisotopic (exact) mass is 246 g/mol. The maximum Gasteiger partial charge on any atom is 0.244 e. The fourth-order valence-corrected chi connectivity index (χ4v) is 1.67. The fraction of sp³-hybridized carbons (Fsp3) is 0.462. The molecular weight excluding hydrogens is 228 g/mol. The van der Waals surface area contributed by atoms with E-state index in [1.165, 1.54) is 0 Å². The number of nitrogens with one attached hydrogen (secondary N) is 1. The van der Waals surface area contributed by atoms with Gasteiger partial charge in [-0.2, -0.15) is 5.26 Å². The summed E-state index contributed by atoms with van der Waals surface area (Å²) in [5, 5.41) is 11.8. The molecule has 0 aromatic carbocycles. The molecule has 0 aliphatic rings. The molecule has 1 heterocycles. The Bertz CT molecular complexity index is 449. The second-order valence-electron chi connectivity index (χ2n) is 3.92. The van der Waals surface area contributed by atoms with Crippen LogP contribution in [0.1, 0.15) is 26.3 Å². The number of likely N-dealkylation sites (N-methyl/N-ethyl adjacent to an activating group) is 1. The van der Waals surface area contributed by atoms with Gasteiger partial charge in [-0.15, -0.1) is 0 Å². The highest BCUT2D eigenvalue weighted by molar-refractivity contribution is 5.84. The van der Waals surface area contributed by atoms with E-state index in [0.29, 0.717) is 24.5 Å². The molecule has 0 saturated carbocycles. The van der Waals surface area contributed by atoms with E-state index >= 15 is 0 Å². The van der Waals surface area contributed by atoms with Gasteiger partial charge in [0.15, 0.2) is 0 Å². The highest BCUT2D eigenvalue weighted by Crippen LogP contribution is 2.08. The van der Waals surface area contributed by atoms with Crippen LogP contribution in [-0.2, 0) is 4.79 Å². The topological polar surface area (TPSA) is 69.0 Å². The Morgan fingerprint density at radius 3 is 2.78 bits per heavy atom. The molecule has 1 atom stereocenters. The SMILES string of the molecule is CCN(CC)C(=O)C(C)Nc1cc(C#N)ccn1. The lowest BCUT2D eigenvalue weighted by Crippen LogP contribution is -2.41. The van der Waals surface area contributed by atoms with Crippen LogP contribution in [0.2, 0.25) is 0 Å². The molecule has 0 aliphatic carbocycles. The zero-order chi connectivity index (χ0) is 13.5. The molecule has 0 spiro atoms. The van der Waals surface area contributed by atoms with Crippen molar-refractivity contribution < 1.29 is 4.79 Å². The number of anilines is 1. The largest absolute Gasteiger partial charge is 0.359 e. The molecule has 0 saturated heterocycles. The number of carbonyl (C=O) groups excluding carboxylic acids is 1. The maximum absolute atomic E-state index is 12.0. The van der Waals surface area contributed by atoms with Crippen molar-refractivity contribution in [2.75, 3.05) is 18.4 Å². The van der Waals surface area contributed by atoms with Gasteiger partial charge in [-0.05, 0) is 32.9 Å². The van der Waals surface area contributed by atoms with Crippen LogP contribution in [-0.4, -0.2) is 34.9 Å². The minimum absolute atomic E-state index is 0.0316. The zero-order valence-corrected chi connectivity index (χ0v) is 11.0. The Morgan fingerprint density at radius 2 is 2.22 bits per heavy atom. The Balaban J connectivity index is 2.72. The van der Waals surface area contributed by atoms with Crippen LogP contribution in [0.4, 0.5) is 5.82 Å². The first-order chi connectivity index (χ1) is 8.62. The maximum atomic E-state index is 12.0. The lowest BCUT2D eigenvalue weighted by atomic mass is 10.2. The van der Waals surface area contributed by atoms with E-state index in [-0.39, 0.29) is 11.9 Å². The molecule has 18 heavy (non-hydrogen) atoms. The molecule has 0 radical (unpaired) electrons. The first kappa shape index (κ1) is 14.0. The van der Waals surface area contributed by atoms with Gasteiger partial charge in [-0.25, -0.2) is 4.98 Å². The van der Waals surface area contributed by atoms with E-state index in [4.69, 9.17) is 5.26 Å². The summed E-state index contributed by atoms with van der Waals surface area (Å²) in [7, 11) is 0. The van der Waals surface area contributed by atoms with Crippen molar-refractivity contribution >= 4 is 11.7 Å². The van der Waals surface area contributed by atoms with Crippen molar-refractivity contribution in [1.82, 2.24) is 9.88 Å². The highest BCUT2D eigenvalue weighted by atomic mass is 16.2. The molecular formula is C13H18N4O. The summed E-state index contributed by atoms with van der Waals surface area (Å²) in [6, 6.07) is 4.94. The number of carbonyl (C=O) groups is 1. The van der Waals surface area contributed by atoms with Gasteiger partial charge in [0.1, 0.15) is 11.9 Å². The summed E-state index contributed by atoms with van der Waals surface area (Å²) in [5.41, 5.74) is 0.523.